The third-order valence-corrected chi connectivity index (χ3v) is 3.99. The quantitative estimate of drug-likeness (QED) is 0.819. The Morgan fingerprint density at radius 1 is 1.24 bits per heavy atom. The zero-order valence-corrected chi connectivity index (χ0v) is 13.8. The Hall–Kier alpha value is -1.81. The van der Waals surface area contributed by atoms with Crippen molar-refractivity contribution >= 4 is 27.5 Å². The Labute approximate surface area is 133 Å². The van der Waals surface area contributed by atoms with Crippen molar-refractivity contribution in [2.75, 3.05) is 5.73 Å². The summed E-state index contributed by atoms with van der Waals surface area (Å²) in [5.74, 6) is -0.160. The van der Waals surface area contributed by atoms with Crippen molar-refractivity contribution in [1.29, 1.82) is 0 Å². The van der Waals surface area contributed by atoms with Crippen molar-refractivity contribution in [2.24, 2.45) is 0 Å². The number of aryl methyl sites for hydroxylation is 1. The highest BCUT2D eigenvalue weighted by molar-refractivity contribution is 9.10. The van der Waals surface area contributed by atoms with E-state index in [0.717, 1.165) is 16.5 Å². The number of amides is 1. The molecule has 2 rings (SSSR count). The monoisotopic (exact) mass is 346 g/mol. The van der Waals surface area contributed by atoms with Crippen LogP contribution in [0.15, 0.2) is 46.9 Å². The zero-order chi connectivity index (χ0) is 15.4. The Morgan fingerprint density at radius 3 is 2.48 bits per heavy atom. The molecule has 2 aromatic carbocycles. The molecule has 0 aliphatic rings. The van der Waals surface area contributed by atoms with E-state index in [4.69, 9.17) is 5.73 Å². The van der Waals surface area contributed by atoms with Crippen LogP contribution in [0.4, 0.5) is 5.69 Å². The minimum absolute atomic E-state index is 0.0635. The van der Waals surface area contributed by atoms with E-state index in [-0.39, 0.29) is 11.9 Å². The Balaban J connectivity index is 2.10. The topological polar surface area (TPSA) is 55.1 Å². The summed E-state index contributed by atoms with van der Waals surface area (Å²) in [6.07, 6.45) is 1.01. The standard InChI is InChI=1S/C17H19BrN2O/c1-3-12-4-6-13(7-5-12)11(2)20-17(21)15-9-8-14(18)10-16(15)19/h4-11H,3,19H2,1-2H3,(H,20,21). The smallest absolute Gasteiger partial charge is 0.253 e. The van der Waals surface area contributed by atoms with Crippen molar-refractivity contribution < 1.29 is 4.79 Å². The van der Waals surface area contributed by atoms with Crippen molar-refractivity contribution in [3.63, 3.8) is 0 Å². The molecule has 110 valence electrons. The largest absolute Gasteiger partial charge is 0.398 e. The maximum Gasteiger partial charge on any atom is 0.253 e. The summed E-state index contributed by atoms with van der Waals surface area (Å²) in [7, 11) is 0. The lowest BCUT2D eigenvalue weighted by Crippen LogP contribution is -2.27. The number of anilines is 1. The number of carbonyl (C=O) groups is 1. The van der Waals surface area contributed by atoms with Crippen LogP contribution in [-0.2, 0) is 6.42 Å². The summed E-state index contributed by atoms with van der Waals surface area (Å²) in [6.45, 7) is 4.09. The van der Waals surface area contributed by atoms with E-state index in [1.807, 2.05) is 13.0 Å². The third-order valence-electron chi connectivity index (χ3n) is 3.49. The van der Waals surface area contributed by atoms with Crippen LogP contribution >= 0.6 is 15.9 Å². The number of carbonyl (C=O) groups excluding carboxylic acids is 1. The summed E-state index contributed by atoms with van der Waals surface area (Å²) in [4.78, 5) is 12.3. The molecule has 0 radical (unpaired) electrons. The van der Waals surface area contributed by atoms with Gasteiger partial charge in [-0.3, -0.25) is 4.79 Å². The summed E-state index contributed by atoms with van der Waals surface area (Å²) >= 11 is 3.33. The number of hydrogen-bond donors (Lipinski definition) is 2. The van der Waals surface area contributed by atoms with Gasteiger partial charge in [0.05, 0.1) is 11.6 Å². The molecule has 0 aliphatic carbocycles. The van der Waals surface area contributed by atoms with E-state index in [1.54, 1.807) is 12.1 Å². The number of nitrogens with one attached hydrogen (secondary N) is 1. The molecule has 2 aromatic rings. The highest BCUT2D eigenvalue weighted by atomic mass is 79.9. The Kier molecular flexibility index (Phi) is 5.02. The van der Waals surface area contributed by atoms with Gasteiger partial charge >= 0.3 is 0 Å². The molecule has 1 unspecified atom stereocenters. The second-order valence-electron chi connectivity index (χ2n) is 5.02. The first-order chi connectivity index (χ1) is 10.0. The molecule has 0 bridgehead atoms. The SMILES string of the molecule is CCc1ccc(C(C)NC(=O)c2ccc(Br)cc2N)cc1. The van der Waals surface area contributed by atoms with Gasteiger partial charge < -0.3 is 11.1 Å². The highest BCUT2D eigenvalue weighted by Gasteiger charge is 2.14. The van der Waals surface area contributed by atoms with Gasteiger partial charge in [0, 0.05) is 10.2 Å². The van der Waals surface area contributed by atoms with Crippen LogP contribution in [0, 0.1) is 0 Å². The summed E-state index contributed by atoms with van der Waals surface area (Å²) < 4.78 is 0.861. The first kappa shape index (κ1) is 15.6. The first-order valence-corrected chi connectivity index (χ1v) is 7.75. The maximum atomic E-state index is 12.3. The molecule has 0 aliphatic heterocycles. The van der Waals surface area contributed by atoms with Crippen molar-refractivity contribution in [3.8, 4) is 0 Å². The third kappa shape index (κ3) is 3.85. The van der Waals surface area contributed by atoms with E-state index in [1.165, 1.54) is 5.56 Å². The molecular weight excluding hydrogens is 328 g/mol. The number of benzene rings is 2. The van der Waals surface area contributed by atoms with Crippen LogP contribution in [0.25, 0.3) is 0 Å². The fourth-order valence-electron chi connectivity index (χ4n) is 2.14. The van der Waals surface area contributed by atoms with Gasteiger partial charge in [-0.2, -0.15) is 0 Å². The molecule has 0 heterocycles. The lowest BCUT2D eigenvalue weighted by molar-refractivity contribution is 0.0941. The molecule has 3 N–H and O–H groups in total. The van der Waals surface area contributed by atoms with Gasteiger partial charge in [-0.1, -0.05) is 47.1 Å². The Morgan fingerprint density at radius 2 is 1.90 bits per heavy atom. The van der Waals surface area contributed by atoms with Crippen LogP contribution in [-0.4, -0.2) is 5.91 Å². The van der Waals surface area contributed by atoms with Crippen LogP contribution in [0.1, 0.15) is 41.4 Å². The lowest BCUT2D eigenvalue weighted by atomic mass is 10.0. The van der Waals surface area contributed by atoms with Crippen LogP contribution in [0.3, 0.4) is 0 Å². The number of nitrogen functional groups attached to an aromatic ring is 1. The second kappa shape index (κ2) is 6.76. The zero-order valence-electron chi connectivity index (χ0n) is 12.2. The lowest BCUT2D eigenvalue weighted by Gasteiger charge is -2.15. The normalized spacial score (nSPS) is 12.0. The van der Waals surface area contributed by atoms with Gasteiger partial charge in [-0.15, -0.1) is 0 Å². The van der Waals surface area contributed by atoms with Crippen LogP contribution in [0.2, 0.25) is 0 Å². The van der Waals surface area contributed by atoms with Gasteiger partial charge in [0.15, 0.2) is 0 Å². The molecule has 0 spiro atoms. The Bertz CT molecular complexity index is 638. The molecule has 0 aromatic heterocycles. The molecule has 0 fully saturated rings. The number of halogens is 1. The van der Waals surface area contributed by atoms with Gasteiger partial charge in [0.1, 0.15) is 0 Å². The molecule has 1 atom stereocenters. The maximum absolute atomic E-state index is 12.3. The van der Waals surface area contributed by atoms with E-state index in [2.05, 4.69) is 52.4 Å². The number of nitrogens with two attached hydrogens (primary N) is 1. The summed E-state index contributed by atoms with van der Waals surface area (Å²) in [6, 6.07) is 13.5. The average Bonchev–Trinajstić information content (AvgIpc) is 2.47. The van der Waals surface area contributed by atoms with Crippen LogP contribution in [0.5, 0.6) is 0 Å². The molecule has 0 saturated heterocycles. The minimum Gasteiger partial charge on any atom is -0.398 e. The fraction of sp³-hybridized carbons (Fsp3) is 0.235. The van der Waals surface area contributed by atoms with Crippen molar-refractivity contribution in [1.82, 2.24) is 5.32 Å². The van der Waals surface area contributed by atoms with Crippen LogP contribution < -0.4 is 11.1 Å². The van der Waals surface area contributed by atoms with Gasteiger partial charge in [-0.25, -0.2) is 0 Å². The van der Waals surface area contributed by atoms with E-state index in [0.29, 0.717) is 11.3 Å². The number of hydrogen-bond acceptors (Lipinski definition) is 2. The predicted molar refractivity (Wildman–Crippen MR) is 90.3 cm³/mol. The highest BCUT2D eigenvalue weighted by Crippen LogP contribution is 2.20. The summed E-state index contributed by atoms with van der Waals surface area (Å²) in [5, 5.41) is 2.98. The first-order valence-electron chi connectivity index (χ1n) is 6.96. The summed E-state index contributed by atoms with van der Waals surface area (Å²) in [5.41, 5.74) is 9.21. The fourth-order valence-corrected chi connectivity index (χ4v) is 2.52. The predicted octanol–water partition coefficient (Wildman–Crippen LogP) is 4.08. The van der Waals surface area contributed by atoms with E-state index >= 15 is 0 Å². The van der Waals surface area contributed by atoms with Gasteiger partial charge in [-0.05, 0) is 42.7 Å². The van der Waals surface area contributed by atoms with E-state index < -0.39 is 0 Å². The molecule has 21 heavy (non-hydrogen) atoms. The molecule has 3 nitrogen and oxygen atoms in total. The van der Waals surface area contributed by atoms with Crippen molar-refractivity contribution in [2.45, 2.75) is 26.3 Å². The van der Waals surface area contributed by atoms with Gasteiger partial charge in [0.2, 0.25) is 0 Å². The second-order valence-corrected chi connectivity index (χ2v) is 5.94. The van der Waals surface area contributed by atoms with E-state index in [9.17, 15) is 4.79 Å². The minimum atomic E-state index is -0.160. The molecule has 0 saturated carbocycles. The van der Waals surface area contributed by atoms with Crippen molar-refractivity contribution in [3.05, 3.63) is 63.6 Å². The number of rotatable bonds is 4. The average molecular weight is 347 g/mol. The molecule has 1 amide bonds. The van der Waals surface area contributed by atoms with Gasteiger partial charge in [0.25, 0.3) is 5.91 Å². The molecule has 4 heteroatoms. The molecular formula is C17H19BrN2O.